The van der Waals surface area contributed by atoms with E-state index < -0.39 is 6.86 Å². The Hall–Kier alpha value is 1.11. The molecular formula is C2H7BCl3NSi. The SMILES string of the molecule is BC(Cl)N[Si](C)(Cl)Cl. The molecule has 48 valence electrons. The summed E-state index contributed by atoms with van der Waals surface area (Å²) in [6.45, 7) is -0.399. The lowest BCUT2D eigenvalue weighted by Crippen LogP contribution is -2.41. The van der Waals surface area contributed by atoms with Gasteiger partial charge >= 0.3 is 6.86 Å². The number of alkyl halides is 1. The lowest BCUT2D eigenvalue weighted by molar-refractivity contribution is 1.08. The van der Waals surface area contributed by atoms with Crippen LogP contribution in [0.1, 0.15) is 0 Å². The number of hydrogen-bond donors (Lipinski definition) is 1. The molecule has 1 atom stereocenters. The van der Waals surface area contributed by atoms with E-state index in [2.05, 4.69) is 4.98 Å². The molecule has 0 aliphatic heterocycles. The van der Waals surface area contributed by atoms with Crippen molar-refractivity contribution >= 4 is 48.5 Å². The molecule has 0 saturated carbocycles. The van der Waals surface area contributed by atoms with Gasteiger partial charge in [0.25, 0.3) is 0 Å². The molecule has 0 aromatic rings. The van der Waals surface area contributed by atoms with Crippen molar-refractivity contribution in [2.24, 2.45) is 0 Å². The fourth-order valence-electron chi connectivity index (χ4n) is 0.349. The minimum Gasteiger partial charge on any atom is -0.306 e. The van der Waals surface area contributed by atoms with E-state index in [1.165, 1.54) is 0 Å². The number of hydrogen-bond acceptors (Lipinski definition) is 1. The van der Waals surface area contributed by atoms with Gasteiger partial charge in [-0.15, -0.1) is 33.8 Å². The minimum atomic E-state index is -2.16. The molecule has 1 N–H and O–H groups in total. The zero-order chi connectivity index (χ0) is 6.78. The van der Waals surface area contributed by atoms with Crippen LogP contribution in [0.15, 0.2) is 0 Å². The van der Waals surface area contributed by atoms with Crippen molar-refractivity contribution in [3.8, 4) is 0 Å². The number of rotatable bonds is 2. The second kappa shape index (κ2) is 3.32. The van der Waals surface area contributed by atoms with E-state index in [1.54, 1.807) is 14.4 Å². The van der Waals surface area contributed by atoms with Crippen LogP contribution < -0.4 is 4.98 Å². The summed E-state index contributed by atoms with van der Waals surface area (Å²) in [7, 11) is 1.79. The Morgan fingerprint density at radius 1 is 1.62 bits per heavy atom. The van der Waals surface area contributed by atoms with Gasteiger partial charge in [-0.25, -0.2) is 0 Å². The maximum absolute atomic E-state index is 5.64. The quantitative estimate of drug-likeness (QED) is 0.294. The lowest BCUT2D eigenvalue weighted by Gasteiger charge is -2.13. The first-order chi connectivity index (χ1) is 3.42. The second-order valence-electron chi connectivity index (χ2n) is 1.65. The summed E-state index contributed by atoms with van der Waals surface area (Å²) in [5.41, 5.74) is 0. The van der Waals surface area contributed by atoms with Crippen LogP contribution in [0.4, 0.5) is 0 Å². The highest BCUT2D eigenvalue weighted by Gasteiger charge is 2.21. The van der Waals surface area contributed by atoms with Gasteiger partial charge in [0, 0.05) is 5.40 Å². The van der Waals surface area contributed by atoms with Crippen LogP contribution in [-0.4, -0.2) is 20.1 Å². The molecule has 0 saturated heterocycles. The molecule has 0 spiro atoms. The van der Waals surface area contributed by atoms with Gasteiger partial charge in [-0.2, -0.15) is 0 Å². The van der Waals surface area contributed by atoms with Crippen molar-refractivity contribution in [1.29, 1.82) is 0 Å². The van der Waals surface area contributed by atoms with E-state index in [0.717, 1.165) is 0 Å². The monoisotopic (exact) mass is 189 g/mol. The van der Waals surface area contributed by atoms with Crippen molar-refractivity contribution in [2.75, 3.05) is 0 Å². The van der Waals surface area contributed by atoms with Gasteiger partial charge in [0.2, 0.25) is 0 Å². The molecule has 0 rings (SSSR count). The molecule has 0 aromatic heterocycles. The third-order valence-electron chi connectivity index (χ3n) is 0.452. The van der Waals surface area contributed by atoms with Crippen LogP contribution >= 0.6 is 33.8 Å². The smallest absolute Gasteiger partial charge is 0.306 e. The normalized spacial score (nSPS) is 16.0. The molecule has 0 aliphatic rings. The molecule has 6 heteroatoms. The second-order valence-corrected chi connectivity index (χ2v) is 9.48. The van der Waals surface area contributed by atoms with Gasteiger partial charge in [0.05, 0.1) is 0 Å². The van der Waals surface area contributed by atoms with Crippen molar-refractivity contribution in [3.05, 3.63) is 0 Å². The molecule has 0 radical (unpaired) electrons. The topological polar surface area (TPSA) is 12.0 Å². The van der Waals surface area contributed by atoms with Gasteiger partial charge < -0.3 is 4.98 Å². The van der Waals surface area contributed by atoms with Crippen molar-refractivity contribution in [2.45, 2.75) is 11.9 Å². The summed E-state index contributed by atoms with van der Waals surface area (Å²) in [6, 6.07) is 0. The fraction of sp³-hybridized carbons (Fsp3) is 1.00. The van der Waals surface area contributed by atoms with Crippen LogP contribution in [0.2, 0.25) is 6.55 Å². The largest absolute Gasteiger partial charge is 0.319 e. The highest BCUT2D eigenvalue weighted by atomic mass is 35.7. The highest BCUT2D eigenvalue weighted by Crippen LogP contribution is 2.09. The highest BCUT2D eigenvalue weighted by molar-refractivity contribution is 7.43. The zero-order valence-electron chi connectivity index (χ0n) is 4.71. The van der Waals surface area contributed by atoms with Crippen LogP contribution in [-0.2, 0) is 0 Å². The van der Waals surface area contributed by atoms with Crippen molar-refractivity contribution in [1.82, 2.24) is 4.98 Å². The first-order valence-corrected chi connectivity index (χ1v) is 7.17. The Labute approximate surface area is 65.6 Å². The van der Waals surface area contributed by atoms with E-state index in [-0.39, 0.29) is 5.40 Å². The molecule has 0 bridgehead atoms. The average Bonchev–Trinajstić information content (AvgIpc) is 1.21. The van der Waals surface area contributed by atoms with E-state index in [9.17, 15) is 0 Å². The third kappa shape index (κ3) is 7.11. The molecule has 0 aromatic carbocycles. The van der Waals surface area contributed by atoms with E-state index in [4.69, 9.17) is 33.8 Å². The minimum absolute atomic E-state index is 0.137. The first-order valence-electron chi connectivity index (χ1n) is 2.21. The molecule has 0 heterocycles. The van der Waals surface area contributed by atoms with Crippen molar-refractivity contribution in [3.63, 3.8) is 0 Å². The van der Waals surface area contributed by atoms with Gasteiger partial charge in [-0.1, -0.05) is 0 Å². The maximum Gasteiger partial charge on any atom is 0.319 e. The predicted octanol–water partition coefficient (Wildman–Crippen LogP) is 0.778. The summed E-state index contributed by atoms with van der Waals surface area (Å²) in [5.74, 6) is 0. The van der Waals surface area contributed by atoms with E-state index in [0.29, 0.717) is 0 Å². The van der Waals surface area contributed by atoms with E-state index >= 15 is 0 Å². The Kier molecular flexibility index (Phi) is 3.78. The Bertz CT molecular complexity index is 72.2. The first kappa shape index (κ1) is 9.11. The zero-order valence-corrected chi connectivity index (χ0v) is 7.98. The Balaban J connectivity index is 3.39. The molecule has 0 fully saturated rings. The third-order valence-corrected chi connectivity index (χ3v) is 2.34. The number of halogens is 3. The molecule has 1 unspecified atom stereocenters. The standard InChI is InChI=1S/C2H7BCl3NSi/c1-8(5,6)7-2(3)4/h2,7H,3H2,1H3. The fourth-order valence-corrected chi connectivity index (χ4v) is 3.02. The van der Waals surface area contributed by atoms with E-state index in [1.807, 2.05) is 0 Å². The summed E-state index contributed by atoms with van der Waals surface area (Å²) >= 11 is 16.8. The van der Waals surface area contributed by atoms with Crippen LogP contribution in [0, 0.1) is 0 Å². The summed E-state index contributed by atoms with van der Waals surface area (Å²) in [6.07, 6.45) is 0. The lowest BCUT2D eigenvalue weighted by atomic mass is 10.2. The molecule has 0 amide bonds. The Morgan fingerprint density at radius 2 is 2.00 bits per heavy atom. The summed E-state index contributed by atoms with van der Waals surface area (Å²) in [5, 5.41) is -0.137. The van der Waals surface area contributed by atoms with Gasteiger partial charge in [-0.3, -0.25) is 0 Å². The molecule has 0 aliphatic carbocycles. The van der Waals surface area contributed by atoms with Crippen LogP contribution in [0.3, 0.4) is 0 Å². The maximum atomic E-state index is 5.64. The van der Waals surface area contributed by atoms with Gasteiger partial charge in [0.1, 0.15) is 7.85 Å². The predicted molar refractivity (Wildman–Crippen MR) is 44.6 cm³/mol. The van der Waals surface area contributed by atoms with Crippen LogP contribution in [0.5, 0.6) is 0 Å². The van der Waals surface area contributed by atoms with Crippen molar-refractivity contribution < 1.29 is 0 Å². The number of nitrogens with one attached hydrogen (secondary N) is 1. The summed E-state index contributed by atoms with van der Waals surface area (Å²) < 4.78 is 0. The van der Waals surface area contributed by atoms with Gasteiger partial charge in [-0.05, 0) is 6.55 Å². The van der Waals surface area contributed by atoms with Crippen LogP contribution in [0.25, 0.3) is 0 Å². The Morgan fingerprint density at radius 3 is 2.00 bits per heavy atom. The molecular weight excluding hydrogens is 183 g/mol. The molecule has 8 heavy (non-hydrogen) atoms. The molecule has 1 nitrogen and oxygen atoms in total. The van der Waals surface area contributed by atoms with Gasteiger partial charge in [0.15, 0.2) is 0 Å². The summed E-state index contributed by atoms with van der Waals surface area (Å²) in [4.78, 5) is 2.82. The average molecular weight is 190 g/mol.